The monoisotopic (exact) mass is 408 g/mol. The molecule has 0 spiro atoms. The Morgan fingerprint density at radius 3 is 2.73 bits per heavy atom. The number of imidazole rings is 1. The predicted octanol–water partition coefficient (Wildman–Crippen LogP) is 2.42. The van der Waals surface area contributed by atoms with Gasteiger partial charge >= 0.3 is 0 Å². The minimum atomic E-state index is 0.0820. The highest BCUT2D eigenvalue weighted by Crippen LogP contribution is 2.29. The third-order valence-electron chi connectivity index (χ3n) is 5.52. The SMILES string of the molecule is COc1ccc(-c2nc3cnccn3c2NCCC(=O)NC2CCN(C)CC2)cc1. The maximum Gasteiger partial charge on any atom is 0.221 e. The van der Waals surface area contributed by atoms with E-state index in [9.17, 15) is 4.79 Å². The highest BCUT2D eigenvalue weighted by Gasteiger charge is 2.19. The van der Waals surface area contributed by atoms with Gasteiger partial charge in [0.05, 0.1) is 13.3 Å². The Bertz CT molecular complexity index is 993. The molecule has 1 fully saturated rings. The first kappa shape index (κ1) is 20.2. The molecule has 0 saturated carbocycles. The van der Waals surface area contributed by atoms with Crippen molar-refractivity contribution < 1.29 is 9.53 Å². The van der Waals surface area contributed by atoms with Crippen LogP contribution in [-0.2, 0) is 4.79 Å². The summed E-state index contributed by atoms with van der Waals surface area (Å²) in [6.45, 7) is 2.59. The zero-order valence-corrected chi connectivity index (χ0v) is 17.5. The second-order valence-corrected chi connectivity index (χ2v) is 7.66. The highest BCUT2D eigenvalue weighted by atomic mass is 16.5. The van der Waals surface area contributed by atoms with Gasteiger partial charge in [0.25, 0.3) is 0 Å². The standard InChI is InChI=1S/C22H28N6O2/c1-27-12-8-17(9-13-27)25-20(29)7-10-24-22-21(16-3-5-18(30-2)6-4-16)26-19-15-23-11-14-28(19)22/h3-6,11,14-15,17,24H,7-10,12-13H2,1-2H3,(H,25,29). The lowest BCUT2D eigenvalue weighted by atomic mass is 10.1. The predicted molar refractivity (Wildman–Crippen MR) is 117 cm³/mol. The Morgan fingerprint density at radius 1 is 1.23 bits per heavy atom. The zero-order chi connectivity index (χ0) is 20.9. The van der Waals surface area contributed by atoms with E-state index in [1.54, 1.807) is 19.5 Å². The summed E-state index contributed by atoms with van der Waals surface area (Å²) in [7, 11) is 3.77. The molecule has 2 N–H and O–H groups in total. The molecule has 30 heavy (non-hydrogen) atoms. The Balaban J connectivity index is 1.44. The minimum Gasteiger partial charge on any atom is -0.497 e. The molecule has 0 radical (unpaired) electrons. The van der Waals surface area contributed by atoms with E-state index in [1.165, 1.54) is 0 Å². The summed E-state index contributed by atoms with van der Waals surface area (Å²) in [5.74, 6) is 1.73. The van der Waals surface area contributed by atoms with Crippen molar-refractivity contribution in [3.8, 4) is 17.0 Å². The summed E-state index contributed by atoms with van der Waals surface area (Å²) in [6.07, 6.45) is 7.76. The van der Waals surface area contributed by atoms with Crippen LogP contribution in [0.15, 0.2) is 42.9 Å². The number of nitrogens with one attached hydrogen (secondary N) is 2. The van der Waals surface area contributed by atoms with Gasteiger partial charge in [0.1, 0.15) is 17.3 Å². The van der Waals surface area contributed by atoms with Crippen LogP contribution in [-0.4, -0.2) is 65.0 Å². The molecule has 0 unspecified atom stereocenters. The second-order valence-electron chi connectivity index (χ2n) is 7.66. The van der Waals surface area contributed by atoms with Crippen molar-refractivity contribution in [3.05, 3.63) is 42.9 Å². The number of fused-ring (bicyclic) bond motifs is 1. The van der Waals surface area contributed by atoms with Gasteiger partial charge in [-0.05, 0) is 57.2 Å². The number of anilines is 1. The van der Waals surface area contributed by atoms with Crippen LogP contribution in [0.2, 0.25) is 0 Å². The fourth-order valence-electron chi connectivity index (χ4n) is 3.77. The van der Waals surface area contributed by atoms with Crippen LogP contribution in [0.4, 0.5) is 5.82 Å². The fraction of sp³-hybridized carbons (Fsp3) is 0.409. The molecule has 1 aliphatic heterocycles. The quantitative estimate of drug-likeness (QED) is 0.625. The van der Waals surface area contributed by atoms with Gasteiger partial charge < -0.3 is 20.3 Å². The van der Waals surface area contributed by atoms with E-state index in [0.29, 0.717) is 13.0 Å². The first-order valence-electron chi connectivity index (χ1n) is 10.3. The Labute approximate surface area is 176 Å². The van der Waals surface area contributed by atoms with Crippen molar-refractivity contribution in [2.45, 2.75) is 25.3 Å². The first-order valence-corrected chi connectivity index (χ1v) is 10.3. The molecule has 2 aromatic heterocycles. The average Bonchev–Trinajstić information content (AvgIpc) is 3.14. The third-order valence-corrected chi connectivity index (χ3v) is 5.52. The molecule has 1 amide bonds. The third kappa shape index (κ3) is 4.54. The normalized spacial score (nSPS) is 15.3. The molecule has 8 heteroatoms. The minimum absolute atomic E-state index is 0.0820. The summed E-state index contributed by atoms with van der Waals surface area (Å²) >= 11 is 0. The van der Waals surface area contributed by atoms with E-state index in [4.69, 9.17) is 9.72 Å². The maximum absolute atomic E-state index is 12.4. The van der Waals surface area contributed by atoms with Gasteiger partial charge in [-0.25, -0.2) is 4.98 Å². The van der Waals surface area contributed by atoms with E-state index in [2.05, 4.69) is 27.6 Å². The van der Waals surface area contributed by atoms with Gasteiger partial charge in [-0.2, -0.15) is 0 Å². The van der Waals surface area contributed by atoms with Gasteiger partial charge in [-0.15, -0.1) is 0 Å². The van der Waals surface area contributed by atoms with Crippen LogP contribution in [0.25, 0.3) is 16.9 Å². The van der Waals surface area contributed by atoms with Crippen molar-refractivity contribution in [1.82, 2.24) is 24.6 Å². The number of ether oxygens (including phenoxy) is 1. The van der Waals surface area contributed by atoms with Gasteiger partial charge in [-0.1, -0.05) is 0 Å². The van der Waals surface area contributed by atoms with Crippen LogP contribution in [0.1, 0.15) is 19.3 Å². The van der Waals surface area contributed by atoms with E-state index in [-0.39, 0.29) is 11.9 Å². The number of carbonyl (C=O) groups excluding carboxylic acids is 1. The van der Waals surface area contributed by atoms with Crippen molar-refractivity contribution in [1.29, 1.82) is 0 Å². The molecule has 158 valence electrons. The topological polar surface area (TPSA) is 83.8 Å². The van der Waals surface area contributed by atoms with Gasteiger partial charge in [0.2, 0.25) is 5.91 Å². The summed E-state index contributed by atoms with van der Waals surface area (Å²) in [4.78, 5) is 23.6. The first-order chi connectivity index (χ1) is 14.6. The van der Waals surface area contributed by atoms with E-state index in [1.807, 2.05) is 34.9 Å². The number of amides is 1. The molecule has 4 rings (SSSR count). The molecule has 1 aromatic carbocycles. The lowest BCUT2D eigenvalue weighted by Crippen LogP contribution is -2.43. The number of piperidine rings is 1. The van der Waals surface area contributed by atoms with E-state index in [0.717, 1.165) is 54.4 Å². The van der Waals surface area contributed by atoms with Crippen molar-refractivity contribution >= 4 is 17.4 Å². The molecule has 1 aliphatic rings. The van der Waals surface area contributed by atoms with E-state index >= 15 is 0 Å². The largest absolute Gasteiger partial charge is 0.497 e. The Hall–Kier alpha value is -3.13. The van der Waals surface area contributed by atoms with E-state index < -0.39 is 0 Å². The lowest BCUT2D eigenvalue weighted by molar-refractivity contribution is -0.121. The molecule has 0 bridgehead atoms. The molecule has 0 atom stereocenters. The average molecular weight is 409 g/mol. The molecular formula is C22H28N6O2. The molecule has 3 aromatic rings. The molecule has 8 nitrogen and oxygen atoms in total. The number of carbonyl (C=O) groups is 1. The fourth-order valence-corrected chi connectivity index (χ4v) is 3.77. The Morgan fingerprint density at radius 2 is 2.00 bits per heavy atom. The van der Waals surface area contributed by atoms with Crippen LogP contribution in [0, 0.1) is 0 Å². The van der Waals surface area contributed by atoms with Crippen LogP contribution >= 0.6 is 0 Å². The number of methoxy groups -OCH3 is 1. The lowest BCUT2D eigenvalue weighted by Gasteiger charge is -2.29. The summed E-state index contributed by atoms with van der Waals surface area (Å²) in [6, 6.07) is 8.07. The second kappa shape index (κ2) is 9.13. The molecule has 0 aliphatic carbocycles. The van der Waals surface area contributed by atoms with Crippen molar-refractivity contribution in [2.75, 3.05) is 39.1 Å². The number of hydrogen-bond acceptors (Lipinski definition) is 6. The van der Waals surface area contributed by atoms with Crippen molar-refractivity contribution in [2.24, 2.45) is 0 Å². The van der Waals surface area contributed by atoms with Gasteiger partial charge in [-0.3, -0.25) is 14.2 Å². The van der Waals surface area contributed by atoms with Crippen molar-refractivity contribution in [3.63, 3.8) is 0 Å². The number of aromatic nitrogens is 3. The maximum atomic E-state index is 12.4. The number of likely N-dealkylation sites (tertiary alicyclic amines) is 1. The van der Waals surface area contributed by atoms with Crippen LogP contribution < -0.4 is 15.4 Å². The van der Waals surface area contributed by atoms with Gasteiger partial charge in [0, 0.05) is 37.0 Å². The molecule has 3 heterocycles. The Kier molecular flexibility index (Phi) is 6.13. The molecule has 1 saturated heterocycles. The summed E-state index contributed by atoms with van der Waals surface area (Å²) in [5, 5.41) is 6.57. The smallest absolute Gasteiger partial charge is 0.221 e. The number of nitrogens with zero attached hydrogens (tertiary/aromatic N) is 4. The highest BCUT2D eigenvalue weighted by molar-refractivity contribution is 5.79. The number of benzene rings is 1. The molecular weight excluding hydrogens is 380 g/mol. The van der Waals surface area contributed by atoms with Crippen LogP contribution in [0.5, 0.6) is 5.75 Å². The number of hydrogen-bond donors (Lipinski definition) is 2. The number of rotatable bonds is 7. The van der Waals surface area contributed by atoms with Gasteiger partial charge in [0.15, 0.2) is 5.65 Å². The summed E-state index contributed by atoms with van der Waals surface area (Å²) < 4.78 is 7.22. The van der Waals surface area contributed by atoms with Crippen LogP contribution in [0.3, 0.4) is 0 Å². The summed E-state index contributed by atoms with van der Waals surface area (Å²) in [5.41, 5.74) is 2.54. The zero-order valence-electron chi connectivity index (χ0n) is 17.5.